The normalized spacial score (nSPS) is 14.0. The topological polar surface area (TPSA) is 61.8 Å². The maximum atomic E-state index is 13.0. The minimum Gasteiger partial charge on any atom is -0.350 e. The molecule has 2 aromatic rings. The van der Waals surface area contributed by atoms with E-state index in [2.05, 4.69) is 22.6 Å². The van der Waals surface area contributed by atoms with E-state index in [9.17, 15) is 14.0 Å². The molecule has 2 aromatic carbocycles. The van der Waals surface area contributed by atoms with Crippen LogP contribution >= 0.6 is 11.8 Å². The van der Waals surface area contributed by atoms with Crippen LogP contribution in [-0.4, -0.2) is 34.8 Å². The maximum absolute atomic E-state index is 13.0. The molecule has 1 N–H and O–H groups in total. The van der Waals surface area contributed by atoms with Gasteiger partial charge in [0.1, 0.15) is 11.5 Å². The summed E-state index contributed by atoms with van der Waals surface area (Å²) in [5, 5.41) is 8.37. The minimum atomic E-state index is -0.331. The highest BCUT2D eigenvalue weighted by Crippen LogP contribution is 2.15. The number of nitrogens with zero attached hydrogens (tertiary/aromatic N) is 2. The molecule has 5 nitrogen and oxygen atoms in total. The lowest BCUT2D eigenvalue weighted by Gasteiger charge is -2.23. The number of thioether (sulfide) groups is 1. The Labute approximate surface area is 168 Å². The number of amides is 2. The molecule has 146 valence electrons. The van der Waals surface area contributed by atoms with Crippen molar-refractivity contribution in [1.29, 1.82) is 0 Å². The summed E-state index contributed by atoms with van der Waals surface area (Å²) >= 11 is 1.75. The van der Waals surface area contributed by atoms with Crippen molar-refractivity contribution in [3.63, 3.8) is 0 Å². The average Bonchev–Trinajstić information content (AvgIpc) is 2.71. The Morgan fingerprint density at radius 3 is 2.57 bits per heavy atom. The highest BCUT2D eigenvalue weighted by atomic mass is 32.2. The smallest absolute Gasteiger partial charge is 0.267 e. The van der Waals surface area contributed by atoms with Crippen LogP contribution in [0.3, 0.4) is 0 Å². The van der Waals surface area contributed by atoms with E-state index in [1.165, 1.54) is 22.7 Å². The fraction of sp³-hybridized carbons (Fsp3) is 0.286. The van der Waals surface area contributed by atoms with E-state index < -0.39 is 0 Å². The van der Waals surface area contributed by atoms with Crippen LogP contribution in [0.25, 0.3) is 0 Å². The molecule has 3 rings (SSSR count). The van der Waals surface area contributed by atoms with Gasteiger partial charge in [0.2, 0.25) is 5.91 Å². The van der Waals surface area contributed by atoms with Gasteiger partial charge < -0.3 is 5.32 Å². The van der Waals surface area contributed by atoms with Crippen LogP contribution in [0.1, 0.15) is 24.0 Å². The average molecular weight is 399 g/mol. The number of hydrogen-bond donors (Lipinski definition) is 1. The molecule has 0 bridgehead atoms. The summed E-state index contributed by atoms with van der Waals surface area (Å²) in [6.45, 7) is 0.768. The predicted molar refractivity (Wildman–Crippen MR) is 109 cm³/mol. The molecule has 0 saturated carbocycles. The summed E-state index contributed by atoms with van der Waals surface area (Å²) in [6.07, 6.45) is 0.581. The lowest BCUT2D eigenvalue weighted by Crippen LogP contribution is -2.39. The van der Waals surface area contributed by atoms with Crippen LogP contribution in [0.2, 0.25) is 0 Å². The Balaban J connectivity index is 1.46. The Morgan fingerprint density at radius 1 is 1.07 bits per heavy atom. The maximum Gasteiger partial charge on any atom is 0.267 e. The van der Waals surface area contributed by atoms with Crippen LogP contribution in [0.5, 0.6) is 0 Å². The molecule has 0 unspecified atom stereocenters. The lowest BCUT2D eigenvalue weighted by atomic mass is 10.1. The second kappa shape index (κ2) is 10.0. The molecule has 1 aliphatic heterocycles. The first-order valence-corrected chi connectivity index (χ1v) is 10.3. The number of halogens is 1. The van der Waals surface area contributed by atoms with Gasteiger partial charge in [-0.3, -0.25) is 9.59 Å². The molecule has 1 aliphatic rings. The van der Waals surface area contributed by atoms with Crippen LogP contribution < -0.4 is 5.32 Å². The summed E-state index contributed by atoms with van der Waals surface area (Å²) in [6, 6.07) is 16.1. The number of benzene rings is 2. The first kappa shape index (κ1) is 20.1. The van der Waals surface area contributed by atoms with Crippen molar-refractivity contribution in [2.24, 2.45) is 5.10 Å². The SMILES string of the molecule is O=C(NCCSCc1ccccc1)C1=NN(Cc2ccc(F)cc2)C(=O)CC1. The van der Waals surface area contributed by atoms with Gasteiger partial charge in [0.15, 0.2) is 0 Å². The van der Waals surface area contributed by atoms with E-state index in [0.717, 1.165) is 17.1 Å². The van der Waals surface area contributed by atoms with Gasteiger partial charge in [-0.05, 0) is 23.3 Å². The molecule has 7 heteroatoms. The number of hydrogen-bond acceptors (Lipinski definition) is 4. The number of carbonyl (C=O) groups is 2. The molecule has 0 radical (unpaired) electrons. The van der Waals surface area contributed by atoms with Gasteiger partial charge >= 0.3 is 0 Å². The zero-order valence-electron chi connectivity index (χ0n) is 15.4. The highest BCUT2D eigenvalue weighted by molar-refractivity contribution is 7.98. The predicted octanol–water partition coefficient (Wildman–Crippen LogP) is 3.35. The van der Waals surface area contributed by atoms with Crippen molar-refractivity contribution < 1.29 is 14.0 Å². The van der Waals surface area contributed by atoms with Crippen LogP contribution in [0.4, 0.5) is 4.39 Å². The van der Waals surface area contributed by atoms with Gasteiger partial charge in [-0.15, -0.1) is 0 Å². The molecule has 0 spiro atoms. The van der Waals surface area contributed by atoms with E-state index in [-0.39, 0.29) is 30.6 Å². The molecule has 0 saturated heterocycles. The summed E-state index contributed by atoms with van der Waals surface area (Å²) in [5.41, 5.74) is 2.37. The van der Waals surface area contributed by atoms with E-state index in [0.29, 0.717) is 18.7 Å². The van der Waals surface area contributed by atoms with Crippen molar-refractivity contribution in [3.05, 3.63) is 71.5 Å². The van der Waals surface area contributed by atoms with Gasteiger partial charge in [-0.25, -0.2) is 9.40 Å². The van der Waals surface area contributed by atoms with E-state index in [1.807, 2.05) is 18.2 Å². The molecule has 1 heterocycles. The Kier molecular flexibility index (Phi) is 7.19. The van der Waals surface area contributed by atoms with Crippen molar-refractivity contribution in [2.45, 2.75) is 25.1 Å². The molecule has 0 atom stereocenters. The number of rotatable bonds is 8. The Morgan fingerprint density at radius 2 is 1.82 bits per heavy atom. The minimum absolute atomic E-state index is 0.140. The highest BCUT2D eigenvalue weighted by Gasteiger charge is 2.24. The molecule has 2 amide bonds. The standard InChI is InChI=1S/C21H22FN3O2S/c22-18-8-6-16(7-9-18)14-25-20(26)11-10-19(24-25)21(27)23-12-13-28-15-17-4-2-1-3-5-17/h1-9H,10-15H2,(H,23,27). The molecule has 0 fully saturated rings. The number of hydrazone groups is 1. The van der Waals surface area contributed by atoms with E-state index >= 15 is 0 Å². The Bertz CT molecular complexity index is 840. The summed E-state index contributed by atoms with van der Waals surface area (Å²) in [7, 11) is 0. The third kappa shape index (κ3) is 5.92. The summed E-state index contributed by atoms with van der Waals surface area (Å²) in [5.74, 6) is 0.989. The fourth-order valence-corrected chi connectivity index (χ4v) is 3.57. The van der Waals surface area contributed by atoms with Crippen molar-refractivity contribution >= 4 is 29.3 Å². The molecule has 28 heavy (non-hydrogen) atoms. The van der Waals surface area contributed by atoms with Gasteiger partial charge in [0.25, 0.3) is 5.91 Å². The summed E-state index contributed by atoms with van der Waals surface area (Å²) in [4.78, 5) is 24.4. The monoisotopic (exact) mass is 399 g/mol. The second-order valence-corrected chi connectivity index (χ2v) is 7.52. The number of carbonyl (C=O) groups excluding carboxylic acids is 2. The van der Waals surface area contributed by atoms with Gasteiger partial charge in [0, 0.05) is 30.9 Å². The molecule has 0 aromatic heterocycles. The van der Waals surface area contributed by atoms with Crippen molar-refractivity contribution in [1.82, 2.24) is 10.3 Å². The molecular weight excluding hydrogens is 377 g/mol. The number of nitrogens with one attached hydrogen (secondary N) is 1. The fourth-order valence-electron chi connectivity index (χ4n) is 2.75. The molecule has 0 aliphatic carbocycles. The van der Waals surface area contributed by atoms with Crippen LogP contribution in [-0.2, 0) is 21.9 Å². The molecular formula is C21H22FN3O2S. The van der Waals surface area contributed by atoms with Crippen molar-refractivity contribution in [2.75, 3.05) is 12.3 Å². The zero-order chi connectivity index (χ0) is 19.8. The van der Waals surface area contributed by atoms with Crippen molar-refractivity contribution in [3.8, 4) is 0 Å². The van der Waals surface area contributed by atoms with E-state index in [4.69, 9.17) is 0 Å². The second-order valence-electron chi connectivity index (χ2n) is 6.42. The van der Waals surface area contributed by atoms with E-state index in [1.54, 1.807) is 23.9 Å². The quantitative estimate of drug-likeness (QED) is 0.693. The summed E-state index contributed by atoms with van der Waals surface area (Å²) < 4.78 is 13.0. The third-order valence-corrected chi connectivity index (χ3v) is 5.29. The zero-order valence-corrected chi connectivity index (χ0v) is 16.3. The van der Waals surface area contributed by atoms with Gasteiger partial charge in [-0.2, -0.15) is 16.9 Å². The largest absolute Gasteiger partial charge is 0.350 e. The first-order valence-electron chi connectivity index (χ1n) is 9.14. The van der Waals surface area contributed by atoms with Gasteiger partial charge in [-0.1, -0.05) is 42.5 Å². The van der Waals surface area contributed by atoms with Crippen LogP contribution in [0.15, 0.2) is 59.7 Å². The third-order valence-electron chi connectivity index (χ3n) is 4.26. The first-order chi connectivity index (χ1) is 13.6. The van der Waals surface area contributed by atoms with Gasteiger partial charge in [0.05, 0.1) is 6.54 Å². The lowest BCUT2D eigenvalue weighted by molar-refractivity contribution is -0.132. The van der Waals surface area contributed by atoms with Crippen LogP contribution in [0, 0.1) is 5.82 Å². The Hall–Kier alpha value is -2.67.